The van der Waals surface area contributed by atoms with Crippen molar-refractivity contribution in [2.75, 3.05) is 32.9 Å². The Morgan fingerprint density at radius 1 is 1.14 bits per heavy atom. The van der Waals surface area contributed by atoms with Gasteiger partial charge in [-0.15, -0.1) is 0 Å². The number of ether oxygens (including phenoxy) is 3. The molecule has 1 saturated heterocycles. The fourth-order valence-corrected chi connectivity index (χ4v) is 1.75. The van der Waals surface area contributed by atoms with Crippen LogP contribution in [-0.2, 0) is 23.8 Å². The van der Waals surface area contributed by atoms with Crippen molar-refractivity contribution in [2.24, 2.45) is 0 Å². The Hall–Kier alpha value is -2.05. The first-order valence-electron chi connectivity index (χ1n) is 6.98. The highest BCUT2D eigenvalue weighted by Gasteiger charge is 2.26. The summed E-state index contributed by atoms with van der Waals surface area (Å²) < 4.78 is 14.9. The highest BCUT2D eigenvalue weighted by molar-refractivity contribution is 5.69. The molecule has 1 aliphatic heterocycles. The van der Waals surface area contributed by atoms with E-state index in [4.69, 9.17) is 9.47 Å². The lowest BCUT2D eigenvalue weighted by atomic mass is 10.2. The van der Waals surface area contributed by atoms with Gasteiger partial charge in [0.2, 0.25) is 5.94 Å². The minimum absolute atomic E-state index is 0.0833. The minimum atomic E-state index is -0.645. The van der Waals surface area contributed by atoms with Gasteiger partial charge < -0.3 is 19.1 Å². The first-order valence-corrected chi connectivity index (χ1v) is 6.98. The zero-order chi connectivity index (χ0) is 16.8. The maximum absolute atomic E-state index is 11.9. The molecule has 1 amide bonds. The van der Waals surface area contributed by atoms with E-state index >= 15 is 0 Å². The van der Waals surface area contributed by atoms with E-state index < -0.39 is 17.5 Å². The molecule has 124 valence electrons. The lowest BCUT2D eigenvalue weighted by molar-refractivity contribution is -0.143. The maximum atomic E-state index is 11.9. The van der Waals surface area contributed by atoms with Crippen molar-refractivity contribution in [3.8, 4) is 0 Å². The number of nitrogens with zero attached hydrogens (tertiary/aromatic N) is 2. The van der Waals surface area contributed by atoms with Gasteiger partial charge in [0.15, 0.2) is 0 Å². The lowest BCUT2D eigenvalue weighted by Gasteiger charge is -2.35. The molecule has 1 rings (SSSR count). The number of esters is 1. The van der Waals surface area contributed by atoms with Crippen molar-refractivity contribution in [3.63, 3.8) is 0 Å². The molecule has 1 aliphatic rings. The predicted molar refractivity (Wildman–Crippen MR) is 76.3 cm³/mol. The van der Waals surface area contributed by atoms with Crippen LogP contribution in [0.5, 0.6) is 0 Å². The third kappa shape index (κ3) is 6.60. The molecule has 0 unspecified atom stereocenters. The highest BCUT2D eigenvalue weighted by atomic mass is 16.7. The van der Waals surface area contributed by atoms with Crippen molar-refractivity contribution in [1.82, 2.24) is 9.80 Å². The summed E-state index contributed by atoms with van der Waals surface area (Å²) in [5.74, 6) is 0.286. The van der Waals surface area contributed by atoms with Crippen LogP contribution in [0, 0.1) is 0 Å². The van der Waals surface area contributed by atoms with Crippen molar-refractivity contribution in [2.45, 2.75) is 33.3 Å². The molecule has 22 heavy (non-hydrogen) atoms. The molecule has 0 aliphatic carbocycles. The fraction of sp³-hybridized carbons (Fsp3) is 0.714. The summed E-state index contributed by atoms with van der Waals surface area (Å²) in [6.07, 6.45) is -0.346. The molecule has 1 heterocycles. The summed E-state index contributed by atoms with van der Waals surface area (Å²) in [5, 5.41) is 0. The monoisotopic (exact) mass is 314 g/mol. The largest absolute Gasteiger partial charge is 0.444 e. The number of hydrogen-bond acceptors (Lipinski definition) is 7. The van der Waals surface area contributed by atoms with Crippen LogP contribution in [-0.4, -0.2) is 66.3 Å². The van der Waals surface area contributed by atoms with E-state index in [1.807, 2.05) is 25.7 Å². The Kier molecular flexibility index (Phi) is 6.39. The van der Waals surface area contributed by atoms with Crippen LogP contribution in [0.4, 0.5) is 4.79 Å². The highest BCUT2D eigenvalue weighted by Crippen LogP contribution is 2.12. The molecule has 0 bridgehead atoms. The first kappa shape index (κ1) is 18.0. The molecule has 0 saturated carbocycles. The number of hydrogen-bond donors (Lipinski definition) is 0. The molecular formula is C14H22N2O6. The van der Waals surface area contributed by atoms with Crippen LogP contribution in [0.3, 0.4) is 0 Å². The normalized spacial score (nSPS) is 15.7. The van der Waals surface area contributed by atoms with E-state index in [2.05, 4.69) is 4.74 Å². The number of piperazine rings is 1. The standard InChI is InChI=1S/C14H22N2O6/c1-11(18)21-12(9-17)20-10-15-5-7-16(8-6-15)13(19)22-14(2,3)4/h5-8,10H2,1-4H3. The second kappa shape index (κ2) is 7.82. The first-order chi connectivity index (χ1) is 10.2. The van der Waals surface area contributed by atoms with Gasteiger partial charge in [-0.2, -0.15) is 0 Å². The van der Waals surface area contributed by atoms with Gasteiger partial charge in [-0.3, -0.25) is 9.69 Å². The average Bonchev–Trinajstić information content (AvgIpc) is 2.41. The van der Waals surface area contributed by atoms with Crippen LogP contribution < -0.4 is 0 Å². The quantitative estimate of drug-likeness (QED) is 0.430. The van der Waals surface area contributed by atoms with Crippen LogP contribution in [0.25, 0.3) is 0 Å². The second-order valence-corrected chi connectivity index (χ2v) is 5.84. The summed E-state index contributed by atoms with van der Waals surface area (Å²) in [6.45, 7) is 8.81. The van der Waals surface area contributed by atoms with Gasteiger partial charge in [-0.05, 0) is 20.8 Å². The second-order valence-electron chi connectivity index (χ2n) is 5.84. The van der Waals surface area contributed by atoms with Crippen molar-refractivity contribution < 1.29 is 28.6 Å². The maximum Gasteiger partial charge on any atom is 0.410 e. The lowest BCUT2D eigenvalue weighted by Crippen LogP contribution is -2.50. The van der Waals surface area contributed by atoms with E-state index in [1.54, 1.807) is 4.90 Å². The minimum Gasteiger partial charge on any atom is -0.444 e. The van der Waals surface area contributed by atoms with Gasteiger partial charge in [-0.1, -0.05) is 0 Å². The molecule has 0 spiro atoms. The van der Waals surface area contributed by atoms with Crippen molar-refractivity contribution in [1.29, 1.82) is 0 Å². The van der Waals surface area contributed by atoms with Gasteiger partial charge >= 0.3 is 18.0 Å². The summed E-state index contributed by atoms with van der Waals surface area (Å²) in [5.41, 5.74) is -0.523. The zero-order valence-corrected chi connectivity index (χ0v) is 13.4. The van der Waals surface area contributed by atoms with Crippen LogP contribution in [0.2, 0.25) is 0 Å². The van der Waals surface area contributed by atoms with E-state index in [1.165, 1.54) is 12.9 Å². The number of carbonyl (C=O) groups excluding carboxylic acids is 3. The Bertz CT molecular complexity index is 456. The third-order valence-corrected chi connectivity index (χ3v) is 2.72. The van der Waals surface area contributed by atoms with Gasteiger partial charge in [0, 0.05) is 33.1 Å². The van der Waals surface area contributed by atoms with Crippen LogP contribution in [0.1, 0.15) is 27.7 Å². The molecule has 0 aromatic carbocycles. The number of rotatable bonds is 4. The Labute approximate surface area is 129 Å². The van der Waals surface area contributed by atoms with Crippen molar-refractivity contribution >= 4 is 18.0 Å². The molecule has 1 fully saturated rings. The van der Waals surface area contributed by atoms with Gasteiger partial charge in [0.25, 0.3) is 0 Å². The van der Waals surface area contributed by atoms with E-state index in [0.717, 1.165) is 0 Å². The Balaban J connectivity index is 2.35. The van der Waals surface area contributed by atoms with Gasteiger partial charge in [0.1, 0.15) is 12.3 Å². The molecule has 0 N–H and O–H groups in total. The molecule has 0 atom stereocenters. The molecule has 8 heteroatoms. The fourth-order valence-electron chi connectivity index (χ4n) is 1.75. The Morgan fingerprint density at radius 3 is 2.18 bits per heavy atom. The molecule has 0 aromatic heterocycles. The average molecular weight is 314 g/mol. The van der Waals surface area contributed by atoms with E-state index in [9.17, 15) is 14.4 Å². The topological polar surface area (TPSA) is 85.4 Å². The Morgan fingerprint density at radius 2 is 1.73 bits per heavy atom. The smallest absolute Gasteiger partial charge is 0.410 e. The molecule has 0 aromatic rings. The van der Waals surface area contributed by atoms with Gasteiger partial charge in [-0.25, -0.2) is 9.59 Å². The van der Waals surface area contributed by atoms with E-state index in [0.29, 0.717) is 26.2 Å². The van der Waals surface area contributed by atoms with Crippen molar-refractivity contribution in [3.05, 3.63) is 5.95 Å². The molecular weight excluding hydrogens is 292 g/mol. The third-order valence-electron chi connectivity index (χ3n) is 2.72. The predicted octanol–water partition coefficient (Wildman–Crippen LogP) is 0.749. The zero-order valence-electron chi connectivity index (χ0n) is 13.4. The van der Waals surface area contributed by atoms with Crippen LogP contribution in [0.15, 0.2) is 5.95 Å². The summed E-state index contributed by atoms with van der Waals surface area (Å²) in [4.78, 5) is 36.6. The SMILES string of the molecule is CC(=O)OC(=C=O)OCN1CCN(C(=O)OC(C)(C)C)CC1. The summed E-state index contributed by atoms with van der Waals surface area (Å²) in [7, 11) is 0. The number of amides is 1. The molecule has 0 radical (unpaired) electrons. The summed E-state index contributed by atoms with van der Waals surface area (Å²) >= 11 is 0. The van der Waals surface area contributed by atoms with Crippen LogP contribution >= 0.6 is 0 Å². The number of carbonyl (C=O) groups is 2. The van der Waals surface area contributed by atoms with Gasteiger partial charge in [0.05, 0.1) is 0 Å². The summed E-state index contributed by atoms with van der Waals surface area (Å²) in [6, 6.07) is 0. The van der Waals surface area contributed by atoms with E-state index in [-0.39, 0.29) is 12.8 Å². The molecule has 8 nitrogen and oxygen atoms in total.